The van der Waals surface area contributed by atoms with Gasteiger partial charge >= 0.3 is 0 Å². The normalized spacial score (nSPS) is 10.9. The number of nitriles is 1. The highest BCUT2D eigenvalue weighted by Gasteiger charge is 2.13. The second kappa shape index (κ2) is 6.48. The van der Waals surface area contributed by atoms with Gasteiger partial charge in [0.2, 0.25) is 10.0 Å². The maximum Gasteiger partial charge on any atom is 0.236 e. The summed E-state index contributed by atoms with van der Waals surface area (Å²) in [7, 11) is -3.55. The number of halogens is 2. The molecule has 7 heteroatoms. The van der Waals surface area contributed by atoms with E-state index < -0.39 is 10.0 Å². The summed E-state index contributed by atoms with van der Waals surface area (Å²) in [5.41, 5.74) is 1.52. The number of rotatable bonds is 4. The van der Waals surface area contributed by atoms with Gasteiger partial charge in [-0.1, -0.05) is 23.7 Å². The Bertz CT molecular complexity index is 799. The molecule has 108 valence electrons. The van der Waals surface area contributed by atoms with Crippen molar-refractivity contribution in [1.29, 1.82) is 5.26 Å². The van der Waals surface area contributed by atoms with Gasteiger partial charge in [-0.3, -0.25) is 4.72 Å². The van der Waals surface area contributed by atoms with Crippen LogP contribution >= 0.6 is 27.5 Å². The minimum absolute atomic E-state index is 0.173. The molecule has 0 atom stereocenters. The molecule has 0 aliphatic heterocycles. The summed E-state index contributed by atoms with van der Waals surface area (Å²) in [6, 6.07) is 13.2. The van der Waals surface area contributed by atoms with Crippen LogP contribution in [0.4, 0.5) is 5.69 Å². The fourth-order valence-electron chi connectivity index (χ4n) is 1.67. The van der Waals surface area contributed by atoms with E-state index in [-0.39, 0.29) is 5.75 Å². The Labute approximate surface area is 136 Å². The van der Waals surface area contributed by atoms with Crippen molar-refractivity contribution in [3.05, 3.63) is 63.1 Å². The molecule has 0 aromatic heterocycles. The molecule has 0 heterocycles. The third-order valence-electron chi connectivity index (χ3n) is 2.64. The number of anilines is 1. The lowest BCUT2D eigenvalue weighted by atomic mass is 10.2. The van der Waals surface area contributed by atoms with E-state index in [2.05, 4.69) is 20.7 Å². The number of nitrogens with one attached hydrogen (secondary N) is 1. The van der Waals surface area contributed by atoms with Gasteiger partial charge in [0.05, 0.1) is 23.1 Å². The number of nitrogens with zero attached hydrogens (tertiary/aromatic N) is 1. The largest absolute Gasteiger partial charge is 0.282 e. The fraction of sp³-hybridized carbons (Fsp3) is 0.0714. The van der Waals surface area contributed by atoms with Crippen LogP contribution in [0.3, 0.4) is 0 Å². The molecule has 4 nitrogen and oxygen atoms in total. The van der Waals surface area contributed by atoms with E-state index in [0.29, 0.717) is 26.3 Å². The van der Waals surface area contributed by atoms with E-state index in [9.17, 15) is 8.42 Å². The molecule has 0 spiro atoms. The molecule has 2 aromatic carbocycles. The molecule has 0 unspecified atom stereocenters. The van der Waals surface area contributed by atoms with E-state index in [1.54, 1.807) is 42.5 Å². The maximum atomic E-state index is 12.1. The monoisotopic (exact) mass is 384 g/mol. The molecule has 0 aliphatic carbocycles. The van der Waals surface area contributed by atoms with Crippen LogP contribution in [0.25, 0.3) is 0 Å². The van der Waals surface area contributed by atoms with Crippen molar-refractivity contribution in [2.75, 3.05) is 4.72 Å². The van der Waals surface area contributed by atoms with Crippen LogP contribution in [0.1, 0.15) is 11.1 Å². The van der Waals surface area contributed by atoms with Crippen LogP contribution in [0, 0.1) is 11.3 Å². The average molecular weight is 386 g/mol. The first-order valence-electron chi connectivity index (χ1n) is 5.84. The summed E-state index contributed by atoms with van der Waals surface area (Å²) in [5, 5.41) is 9.22. The van der Waals surface area contributed by atoms with Gasteiger partial charge in [0.1, 0.15) is 0 Å². The van der Waals surface area contributed by atoms with Crippen molar-refractivity contribution in [2.45, 2.75) is 5.75 Å². The molecule has 0 saturated heterocycles. The van der Waals surface area contributed by atoms with Crippen LogP contribution in [-0.4, -0.2) is 8.42 Å². The Morgan fingerprint density at radius 2 is 1.86 bits per heavy atom. The second-order valence-corrected chi connectivity index (χ2v) is 7.31. The highest BCUT2D eigenvalue weighted by atomic mass is 79.9. The van der Waals surface area contributed by atoms with Gasteiger partial charge < -0.3 is 0 Å². The standard InChI is InChI=1S/C14H10BrClN2O2S/c15-13-7-12(16)5-6-14(13)18-21(19,20)9-11-3-1-10(8-17)2-4-11/h1-7,18H,9H2. The number of hydrogen-bond donors (Lipinski definition) is 1. The highest BCUT2D eigenvalue weighted by Crippen LogP contribution is 2.27. The molecule has 0 radical (unpaired) electrons. The predicted octanol–water partition coefficient (Wildman–Crippen LogP) is 3.92. The van der Waals surface area contributed by atoms with E-state index in [1.165, 1.54) is 0 Å². The van der Waals surface area contributed by atoms with Crippen molar-refractivity contribution < 1.29 is 8.42 Å². The minimum atomic E-state index is -3.55. The van der Waals surface area contributed by atoms with E-state index in [0.717, 1.165) is 0 Å². The lowest BCUT2D eigenvalue weighted by Gasteiger charge is -2.10. The number of hydrogen-bond acceptors (Lipinski definition) is 3. The first-order valence-corrected chi connectivity index (χ1v) is 8.66. The molecular formula is C14H10BrClN2O2S. The van der Waals surface area contributed by atoms with Crippen molar-refractivity contribution in [3.8, 4) is 6.07 Å². The van der Waals surface area contributed by atoms with Gasteiger partial charge in [-0.25, -0.2) is 8.42 Å². The van der Waals surface area contributed by atoms with Crippen molar-refractivity contribution >= 4 is 43.2 Å². The van der Waals surface area contributed by atoms with Gasteiger partial charge in [0.25, 0.3) is 0 Å². The molecule has 21 heavy (non-hydrogen) atoms. The predicted molar refractivity (Wildman–Crippen MR) is 86.6 cm³/mol. The summed E-state index contributed by atoms with van der Waals surface area (Å²) < 4.78 is 27.3. The quantitative estimate of drug-likeness (QED) is 0.867. The summed E-state index contributed by atoms with van der Waals surface area (Å²) >= 11 is 9.07. The van der Waals surface area contributed by atoms with Crippen LogP contribution in [0.15, 0.2) is 46.9 Å². The molecule has 0 amide bonds. The lowest BCUT2D eigenvalue weighted by Crippen LogP contribution is -2.15. The topological polar surface area (TPSA) is 70.0 Å². The van der Waals surface area contributed by atoms with Crippen LogP contribution in [0.2, 0.25) is 5.02 Å². The Balaban J connectivity index is 2.16. The van der Waals surface area contributed by atoms with Crippen molar-refractivity contribution in [2.24, 2.45) is 0 Å². The summed E-state index contributed by atoms with van der Waals surface area (Å²) in [6.45, 7) is 0. The van der Waals surface area contributed by atoms with Gasteiger partial charge in [0.15, 0.2) is 0 Å². The molecule has 0 saturated carbocycles. The van der Waals surface area contributed by atoms with Crippen LogP contribution in [0.5, 0.6) is 0 Å². The zero-order valence-corrected chi connectivity index (χ0v) is 13.8. The van der Waals surface area contributed by atoms with E-state index >= 15 is 0 Å². The molecular weight excluding hydrogens is 376 g/mol. The van der Waals surface area contributed by atoms with Crippen LogP contribution < -0.4 is 4.72 Å². The summed E-state index contributed by atoms with van der Waals surface area (Å²) in [6.07, 6.45) is 0. The Kier molecular flexibility index (Phi) is 4.88. The van der Waals surface area contributed by atoms with Gasteiger partial charge in [-0.05, 0) is 51.8 Å². The lowest BCUT2D eigenvalue weighted by molar-refractivity contribution is 0.600. The third-order valence-corrected chi connectivity index (χ3v) is 4.77. The first kappa shape index (κ1) is 15.8. The highest BCUT2D eigenvalue weighted by molar-refractivity contribution is 9.10. The SMILES string of the molecule is N#Cc1ccc(CS(=O)(=O)Nc2ccc(Cl)cc2Br)cc1. The summed E-state index contributed by atoms with van der Waals surface area (Å²) in [5.74, 6) is -0.173. The van der Waals surface area contributed by atoms with Crippen molar-refractivity contribution in [1.82, 2.24) is 0 Å². The minimum Gasteiger partial charge on any atom is -0.282 e. The van der Waals surface area contributed by atoms with Crippen LogP contribution in [-0.2, 0) is 15.8 Å². The van der Waals surface area contributed by atoms with Gasteiger partial charge in [-0.2, -0.15) is 5.26 Å². The Morgan fingerprint density at radius 3 is 2.43 bits per heavy atom. The maximum absolute atomic E-state index is 12.1. The van der Waals surface area contributed by atoms with Gasteiger partial charge in [-0.15, -0.1) is 0 Å². The molecule has 1 N–H and O–H groups in total. The summed E-state index contributed by atoms with van der Waals surface area (Å²) in [4.78, 5) is 0. The van der Waals surface area contributed by atoms with Gasteiger partial charge in [0, 0.05) is 9.50 Å². The van der Waals surface area contributed by atoms with E-state index in [4.69, 9.17) is 16.9 Å². The van der Waals surface area contributed by atoms with Crippen molar-refractivity contribution in [3.63, 3.8) is 0 Å². The zero-order valence-electron chi connectivity index (χ0n) is 10.7. The fourth-order valence-corrected chi connectivity index (χ4v) is 3.80. The Hall–Kier alpha value is -1.55. The molecule has 0 fully saturated rings. The molecule has 2 rings (SSSR count). The average Bonchev–Trinajstić information content (AvgIpc) is 2.42. The van der Waals surface area contributed by atoms with E-state index in [1.807, 2.05) is 6.07 Å². The third kappa shape index (κ3) is 4.46. The smallest absolute Gasteiger partial charge is 0.236 e. The first-order chi connectivity index (χ1) is 9.89. The number of benzene rings is 2. The molecule has 0 aliphatic rings. The second-order valence-electron chi connectivity index (χ2n) is 4.29. The Morgan fingerprint density at radius 1 is 1.19 bits per heavy atom. The molecule has 2 aromatic rings. The zero-order chi connectivity index (χ0) is 15.5. The molecule has 0 bridgehead atoms. The number of sulfonamides is 1.